The Morgan fingerprint density at radius 1 is 1.06 bits per heavy atom. The van der Waals surface area contributed by atoms with E-state index in [1.165, 1.54) is 0 Å². The molecule has 2 aromatic heterocycles. The van der Waals surface area contributed by atoms with Crippen molar-refractivity contribution in [2.24, 2.45) is 0 Å². The summed E-state index contributed by atoms with van der Waals surface area (Å²) in [6.07, 6.45) is 4.01. The average Bonchev–Trinajstić information content (AvgIpc) is 3.25. The summed E-state index contributed by atoms with van der Waals surface area (Å²) in [7, 11) is 1.67. The summed E-state index contributed by atoms with van der Waals surface area (Å²) in [4.78, 5) is 19.9. The number of ether oxygens (including phenoxy) is 1. The van der Waals surface area contributed by atoms with Crippen LogP contribution in [-0.4, -0.2) is 40.5 Å². The molecular formula is C26H26N4O2. The van der Waals surface area contributed by atoms with Gasteiger partial charge in [-0.05, 0) is 49.2 Å². The van der Waals surface area contributed by atoms with Gasteiger partial charge in [0.05, 0.1) is 18.3 Å². The number of imidazole rings is 1. The number of benzene rings is 2. The summed E-state index contributed by atoms with van der Waals surface area (Å²) in [5, 5.41) is 3.01. The summed E-state index contributed by atoms with van der Waals surface area (Å²) in [5.74, 6) is 1.97. The molecule has 1 saturated heterocycles. The van der Waals surface area contributed by atoms with Crippen LogP contribution in [0.5, 0.6) is 5.75 Å². The predicted molar refractivity (Wildman–Crippen MR) is 126 cm³/mol. The van der Waals surface area contributed by atoms with E-state index >= 15 is 0 Å². The van der Waals surface area contributed by atoms with E-state index in [1.54, 1.807) is 7.11 Å². The number of carbonyl (C=O) groups excluding carboxylic acids is 1. The molecule has 0 radical (unpaired) electrons. The Morgan fingerprint density at radius 2 is 1.91 bits per heavy atom. The maximum Gasteiger partial charge on any atom is 0.321 e. The number of fused-ring (bicyclic) bond motifs is 1. The Morgan fingerprint density at radius 3 is 2.75 bits per heavy atom. The van der Waals surface area contributed by atoms with Crippen molar-refractivity contribution in [3.05, 3.63) is 84.8 Å². The number of methoxy groups -OCH3 is 1. The number of hydrogen-bond donors (Lipinski definition) is 1. The average molecular weight is 427 g/mol. The van der Waals surface area contributed by atoms with E-state index in [0.29, 0.717) is 6.54 Å². The van der Waals surface area contributed by atoms with E-state index in [4.69, 9.17) is 9.72 Å². The third-order valence-corrected chi connectivity index (χ3v) is 6.02. The van der Waals surface area contributed by atoms with E-state index < -0.39 is 0 Å². The molecule has 1 N–H and O–H groups in total. The van der Waals surface area contributed by atoms with Gasteiger partial charge in [-0.1, -0.05) is 36.4 Å². The van der Waals surface area contributed by atoms with Crippen LogP contribution in [0.1, 0.15) is 24.6 Å². The van der Waals surface area contributed by atoms with Crippen LogP contribution < -0.4 is 10.1 Å². The third-order valence-electron chi connectivity index (χ3n) is 6.02. The number of amides is 2. The number of aromatic nitrogens is 2. The number of anilines is 1. The molecular weight excluding hydrogens is 400 g/mol. The monoisotopic (exact) mass is 426 g/mol. The Hall–Kier alpha value is -3.80. The quantitative estimate of drug-likeness (QED) is 0.474. The number of nitrogens with one attached hydrogen (secondary N) is 1. The van der Waals surface area contributed by atoms with Crippen LogP contribution in [0.2, 0.25) is 0 Å². The van der Waals surface area contributed by atoms with Crippen molar-refractivity contribution in [2.45, 2.75) is 18.8 Å². The molecule has 0 saturated carbocycles. The first-order valence-corrected chi connectivity index (χ1v) is 11.0. The largest absolute Gasteiger partial charge is 0.497 e. The van der Waals surface area contributed by atoms with E-state index in [1.807, 2.05) is 65.6 Å². The number of carbonyl (C=O) groups is 1. The van der Waals surface area contributed by atoms with Gasteiger partial charge in [0.2, 0.25) is 0 Å². The zero-order chi connectivity index (χ0) is 21.9. The summed E-state index contributed by atoms with van der Waals surface area (Å²) < 4.78 is 7.58. The fourth-order valence-electron chi connectivity index (χ4n) is 4.43. The number of urea groups is 1. The Kier molecular flexibility index (Phi) is 5.50. The molecule has 6 heteroatoms. The molecule has 5 rings (SSSR count). The lowest BCUT2D eigenvalue weighted by atomic mass is 9.97. The molecule has 6 nitrogen and oxygen atoms in total. The van der Waals surface area contributed by atoms with Gasteiger partial charge in [0.1, 0.15) is 11.6 Å². The number of pyridine rings is 1. The normalized spacial score (nSPS) is 16.2. The highest BCUT2D eigenvalue weighted by atomic mass is 16.5. The van der Waals surface area contributed by atoms with Gasteiger partial charge in [0, 0.05) is 36.5 Å². The van der Waals surface area contributed by atoms with Crippen LogP contribution in [-0.2, 0) is 0 Å². The van der Waals surface area contributed by atoms with Crippen molar-refractivity contribution >= 4 is 17.2 Å². The van der Waals surface area contributed by atoms with Crippen LogP contribution in [0.3, 0.4) is 0 Å². The van der Waals surface area contributed by atoms with Crippen molar-refractivity contribution in [2.75, 3.05) is 25.5 Å². The molecule has 2 amide bonds. The lowest BCUT2D eigenvalue weighted by Crippen LogP contribution is -2.42. The van der Waals surface area contributed by atoms with Crippen molar-refractivity contribution in [3.8, 4) is 17.0 Å². The van der Waals surface area contributed by atoms with Gasteiger partial charge in [0.25, 0.3) is 0 Å². The molecule has 0 bridgehead atoms. The molecule has 1 atom stereocenters. The molecule has 1 aliphatic heterocycles. The number of rotatable bonds is 4. The fraction of sp³-hybridized carbons (Fsp3) is 0.231. The van der Waals surface area contributed by atoms with Gasteiger partial charge in [-0.3, -0.25) is 0 Å². The summed E-state index contributed by atoms with van der Waals surface area (Å²) in [6.45, 7) is 1.39. The van der Waals surface area contributed by atoms with Gasteiger partial charge in [-0.15, -0.1) is 0 Å². The number of likely N-dealkylation sites (tertiary alicyclic amines) is 1. The number of nitrogens with zero attached hydrogens (tertiary/aromatic N) is 3. The lowest BCUT2D eigenvalue weighted by molar-refractivity contribution is 0.191. The summed E-state index contributed by atoms with van der Waals surface area (Å²) in [5.41, 5.74) is 3.83. The summed E-state index contributed by atoms with van der Waals surface area (Å²) >= 11 is 0. The van der Waals surface area contributed by atoms with Crippen molar-refractivity contribution in [1.82, 2.24) is 14.3 Å². The van der Waals surface area contributed by atoms with Gasteiger partial charge in [0.15, 0.2) is 0 Å². The summed E-state index contributed by atoms with van der Waals surface area (Å²) in [6, 6.07) is 23.7. The molecule has 1 fully saturated rings. The zero-order valence-electron chi connectivity index (χ0n) is 18.1. The smallest absolute Gasteiger partial charge is 0.321 e. The molecule has 32 heavy (non-hydrogen) atoms. The van der Waals surface area contributed by atoms with Crippen LogP contribution in [0.25, 0.3) is 16.8 Å². The predicted octanol–water partition coefficient (Wildman–Crippen LogP) is 5.42. The van der Waals surface area contributed by atoms with Crippen LogP contribution in [0, 0.1) is 0 Å². The van der Waals surface area contributed by atoms with Crippen molar-refractivity contribution < 1.29 is 9.53 Å². The zero-order valence-corrected chi connectivity index (χ0v) is 18.1. The highest BCUT2D eigenvalue weighted by Crippen LogP contribution is 2.33. The highest BCUT2D eigenvalue weighted by molar-refractivity contribution is 5.89. The van der Waals surface area contributed by atoms with Crippen LogP contribution in [0.4, 0.5) is 10.5 Å². The maximum absolute atomic E-state index is 12.9. The molecule has 0 spiro atoms. The minimum Gasteiger partial charge on any atom is -0.497 e. The molecule has 162 valence electrons. The minimum atomic E-state index is -0.0604. The van der Waals surface area contributed by atoms with Gasteiger partial charge in [-0.25, -0.2) is 9.78 Å². The number of hydrogen-bond acceptors (Lipinski definition) is 3. The van der Waals surface area contributed by atoms with Gasteiger partial charge in [-0.2, -0.15) is 0 Å². The Bertz CT molecular complexity index is 1240. The van der Waals surface area contributed by atoms with Crippen molar-refractivity contribution in [3.63, 3.8) is 0 Å². The molecule has 1 aliphatic rings. The fourth-order valence-corrected chi connectivity index (χ4v) is 4.43. The minimum absolute atomic E-state index is 0.0604. The van der Waals surface area contributed by atoms with E-state index in [-0.39, 0.29) is 11.9 Å². The molecule has 3 heterocycles. The second-order valence-electron chi connectivity index (χ2n) is 8.09. The standard InChI is InChI=1S/C26H26N4O2/c1-32-22-13-7-9-19(17-22)24-23-14-5-6-16-30(23)25(28-24)20-10-8-15-29(18-20)26(31)27-21-11-3-2-4-12-21/h2-7,9,11-14,16-17,20H,8,10,15,18H2,1H3,(H,27,31)/t20-/m0/s1. The topological polar surface area (TPSA) is 58.9 Å². The first kappa shape index (κ1) is 20.1. The van der Waals surface area contributed by atoms with Gasteiger partial charge >= 0.3 is 6.03 Å². The number of para-hydroxylation sites is 1. The Labute approximate surface area is 187 Å². The Balaban J connectivity index is 1.44. The second-order valence-corrected chi connectivity index (χ2v) is 8.09. The lowest BCUT2D eigenvalue weighted by Gasteiger charge is -2.32. The van der Waals surface area contributed by atoms with Crippen LogP contribution >= 0.6 is 0 Å². The SMILES string of the molecule is COc1cccc(-c2nc([C@H]3CCCN(C(=O)Nc4ccccc4)C3)n3ccccc23)c1. The van der Waals surface area contributed by atoms with Crippen LogP contribution in [0.15, 0.2) is 79.0 Å². The molecule has 4 aromatic rings. The van der Waals surface area contributed by atoms with Gasteiger partial charge < -0.3 is 19.4 Å². The van der Waals surface area contributed by atoms with E-state index in [2.05, 4.69) is 28.0 Å². The van der Waals surface area contributed by atoms with E-state index in [9.17, 15) is 4.79 Å². The first-order chi connectivity index (χ1) is 15.7. The second kappa shape index (κ2) is 8.75. The van der Waals surface area contributed by atoms with E-state index in [0.717, 1.165) is 53.4 Å². The first-order valence-electron chi connectivity index (χ1n) is 11.0. The third kappa shape index (κ3) is 3.91. The molecule has 0 unspecified atom stereocenters. The molecule has 0 aliphatic carbocycles. The number of piperidine rings is 1. The highest BCUT2D eigenvalue weighted by Gasteiger charge is 2.28. The molecule has 2 aromatic carbocycles. The maximum atomic E-state index is 12.9. The van der Waals surface area contributed by atoms with Crippen molar-refractivity contribution in [1.29, 1.82) is 0 Å².